The molecule has 1 aromatic carbocycles. The summed E-state index contributed by atoms with van der Waals surface area (Å²) in [6.07, 6.45) is 6.37. The van der Waals surface area contributed by atoms with E-state index in [0.29, 0.717) is 12.3 Å². The second kappa shape index (κ2) is 6.95. The van der Waals surface area contributed by atoms with Crippen LogP contribution in [0.3, 0.4) is 0 Å². The molecule has 0 aliphatic carbocycles. The van der Waals surface area contributed by atoms with Crippen molar-refractivity contribution < 1.29 is 14.3 Å². The largest absolute Gasteiger partial charge is 0.460 e. The first-order chi connectivity index (χ1) is 9.24. The van der Waals surface area contributed by atoms with E-state index in [2.05, 4.69) is 0 Å². The molecule has 19 heavy (non-hydrogen) atoms. The van der Waals surface area contributed by atoms with Crippen LogP contribution in [0.2, 0.25) is 0 Å². The number of hydrogen-bond acceptors (Lipinski definition) is 4. The summed E-state index contributed by atoms with van der Waals surface area (Å²) in [5.74, 6) is -0.350. The van der Waals surface area contributed by atoms with Crippen LogP contribution in [0.15, 0.2) is 30.3 Å². The SMILES string of the molecule is Nc1cccc(/C=C/C(=O)OCC2CCCCO2)c1. The van der Waals surface area contributed by atoms with Crippen LogP contribution in [0.25, 0.3) is 6.08 Å². The van der Waals surface area contributed by atoms with Crippen molar-refractivity contribution in [2.45, 2.75) is 25.4 Å². The van der Waals surface area contributed by atoms with Gasteiger partial charge in [0.25, 0.3) is 0 Å². The van der Waals surface area contributed by atoms with E-state index in [9.17, 15) is 4.79 Å². The Bertz CT molecular complexity index is 450. The molecular weight excluding hydrogens is 242 g/mol. The minimum Gasteiger partial charge on any atom is -0.460 e. The van der Waals surface area contributed by atoms with Crippen molar-refractivity contribution in [1.82, 2.24) is 0 Å². The molecule has 0 saturated carbocycles. The van der Waals surface area contributed by atoms with Crippen molar-refractivity contribution in [3.05, 3.63) is 35.9 Å². The summed E-state index contributed by atoms with van der Waals surface area (Å²) < 4.78 is 10.6. The number of carbonyl (C=O) groups excluding carboxylic acids is 1. The zero-order chi connectivity index (χ0) is 13.5. The van der Waals surface area contributed by atoms with Crippen LogP contribution in [-0.4, -0.2) is 25.3 Å². The lowest BCUT2D eigenvalue weighted by atomic mass is 10.1. The zero-order valence-electron chi connectivity index (χ0n) is 10.9. The van der Waals surface area contributed by atoms with Crippen molar-refractivity contribution in [1.29, 1.82) is 0 Å². The van der Waals surface area contributed by atoms with E-state index in [4.69, 9.17) is 15.2 Å². The van der Waals surface area contributed by atoms with E-state index < -0.39 is 0 Å². The van der Waals surface area contributed by atoms with Gasteiger partial charge >= 0.3 is 5.97 Å². The van der Waals surface area contributed by atoms with E-state index in [1.165, 1.54) is 6.08 Å². The molecule has 1 fully saturated rings. The number of benzene rings is 1. The second-order valence-corrected chi connectivity index (χ2v) is 4.62. The summed E-state index contributed by atoms with van der Waals surface area (Å²) in [5, 5.41) is 0. The fourth-order valence-corrected chi connectivity index (χ4v) is 1.99. The Morgan fingerprint density at radius 1 is 1.47 bits per heavy atom. The first-order valence-electron chi connectivity index (χ1n) is 6.56. The molecule has 0 aromatic heterocycles. The Labute approximate surface area is 113 Å². The molecule has 4 heteroatoms. The van der Waals surface area contributed by atoms with Gasteiger partial charge in [-0.05, 0) is 43.0 Å². The van der Waals surface area contributed by atoms with Crippen LogP contribution in [0.4, 0.5) is 5.69 Å². The molecule has 1 heterocycles. The van der Waals surface area contributed by atoms with E-state index >= 15 is 0 Å². The van der Waals surface area contributed by atoms with E-state index in [1.807, 2.05) is 12.1 Å². The Morgan fingerprint density at radius 3 is 3.11 bits per heavy atom. The first kappa shape index (κ1) is 13.6. The fraction of sp³-hybridized carbons (Fsp3) is 0.400. The second-order valence-electron chi connectivity index (χ2n) is 4.62. The van der Waals surface area contributed by atoms with Gasteiger partial charge in [0.15, 0.2) is 0 Å². The van der Waals surface area contributed by atoms with E-state index in [0.717, 1.165) is 31.4 Å². The average molecular weight is 261 g/mol. The maximum atomic E-state index is 11.5. The van der Waals surface area contributed by atoms with Crippen molar-refractivity contribution in [3.63, 3.8) is 0 Å². The van der Waals surface area contributed by atoms with Crippen molar-refractivity contribution in [2.75, 3.05) is 18.9 Å². The number of nitrogen functional groups attached to an aromatic ring is 1. The molecule has 2 rings (SSSR count). The molecule has 1 unspecified atom stereocenters. The lowest BCUT2D eigenvalue weighted by Crippen LogP contribution is -2.25. The molecule has 1 aliphatic heterocycles. The van der Waals surface area contributed by atoms with Crippen LogP contribution < -0.4 is 5.73 Å². The molecule has 0 amide bonds. The van der Waals surface area contributed by atoms with Gasteiger partial charge in [-0.25, -0.2) is 4.79 Å². The van der Waals surface area contributed by atoms with E-state index in [1.54, 1.807) is 18.2 Å². The van der Waals surface area contributed by atoms with Crippen molar-refractivity contribution >= 4 is 17.7 Å². The normalized spacial score (nSPS) is 19.5. The number of esters is 1. The van der Waals surface area contributed by atoms with Gasteiger partial charge in [-0.3, -0.25) is 0 Å². The lowest BCUT2D eigenvalue weighted by molar-refractivity contribution is -0.143. The summed E-state index contributed by atoms with van der Waals surface area (Å²) >= 11 is 0. The monoisotopic (exact) mass is 261 g/mol. The number of hydrogen-bond donors (Lipinski definition) is 1. The molecule has 1 aromatic rings. The van der Waals surface area contributed by atoms with Crippen LogP contribution in [0.1, 0.15) is 24.8 Å². The van der Waals surface area contributed by atoms with Gasteiger partial charge in [0.05, 0.1) is 6.10 Å². The highest BCUT2D eigenvalue weighted by molar-refractivity contribution is 5.87. The number of nitrogens with two attached hydrogens (primary N) is 1. The minimum absolute atomic E-state index is 0.0541. The van der Waals surface area contributed by atoms with E-state index in [-0.39, 0.29) is 12.1 Å². The molecule has 0 radical (unpaired) electrons. The minimum atomic E-state index is -0.350. The van der Waals surface area contributed by atoms with Gasteiger partial charge in [0.1, 0.15) is 6.61 Å². The number of ether oxygens (including phenoxy) is 2. The van der Waals surface area contributed by atoms with Gasteiger partial charge in [0, 0.05) is 18.4 Å². The van der Waals surface area contributed by atoms with Gasteiger partial charge < -0.3 is 15.2 Å². The quantitative estimate of drug-likeness (QED) is 0.513. The molecule has 1 atom stereocenters. The van der Waals surface area contributed by atoms with Gasteiger partial charge in [0.2, 0.25) is 0 Å². The molecule has 102 valence electrons. The molecule has 0 spiro atoms. The summed E-state index contributed by atoms with van der Waals surface area (Å²) in [5.41, 5.74) is 7.21. The molecule has 0 bridgehead atoms. The van der Waals surface area contributed by atoms with Crippen LogP contribution >= 0.6 is 0 Å². The number of carbonyl (C=O) groups is 1. The highest BCUT2D eigenvalue weighted by atomic mass is 16.6. The van der Waals surface area contributed by atoms with Crippen LogP contribution in [-0.2, 0) is 14.3 Å². The van der Waals surface area contributed by atoms with Crippen LogP contribution in [0.5, 0.6) is 0 Å². The number of rotatable bonds is 4. The Hall–Kier alpha value is -1.81. The van der Waals surface area contributed by atoms with Gasteiger partial charge in [-0.2, -0.15) is 0 Å². The van der Waals surface area contributed by atoms with Crippen LogP contribution in [0, 0.1) is 0 Å². The Kier molecular flexibility index (Phi) is 4.98. The molecule has 1 saturated heterocycles. The third-order valence-electron chi connectivity index (χ3n) is 3.01. The summed E-state index contributed by atoms with van der Waals surface area (Å²) in [7, 11) is 0. The summed E-state index contributed by atoms with van der Waals surface area (Å²) in [6.45, 7) is 1.10. The third kappa shape index (κ3) is 4.75. The van der Waals surface area contributed by atoms with Gasteiger partial charge in [-0.15, -0.1) is 0 Å². The highest BCUT2D eigenvalue weighted by Gasteiger charge is 2.14. The summed E-state index contributed by atoms with van der Waals surface area (Å²) in [6, 6.07) is 7.32. The zero-order valence-corrected chi connectivity index (χ0v) is 10.9. The smallest absolute Gasteiger partial charge is 0.330 e. The number of anilines is 1. The van der Waals surface area contributed by atoms with Crippen molar-refractivity contribution in [3.8, 4) is 0 Å². The van der Waals surface area contributed by atoms with Crippen molar-refractivity contribution in [2.24, 2.45) is 0 Å². The highest BCUT2D eigenvalue weighted by Crippen LogP contribution is 2.13. The molecule has 2 N–H and O–H groups in total. The first-order valence-corrected chi connectivity index (χ1v) is 6.56. The maximum Gasteiger partial charge on any atom is 0.330 e. The Balaban J connectivity index is 1.77. The Morgan fingerprint density at radius 2 is 2.37 bits per heavy atom. The topological polar surface area (TPSA) is 61.6 Å². The predicted octanol–water partition coefficient (Wildman–Crippen LogP) is 2.39. The third-order valence-corrected chi connectivity index (χ3v) is 3.01. The molecule has 1 aliphatic rings. The lowest BCUT2D eigenvalue weighted by Gasteiger charge is -2.21. The summed E-state index contributed by atoms with van der Waals surface area (Å²) in [4.78, 5) is 11.5. The standard InChI is InChI=1S/C15H19NO3/c16-13-5-3-4-12(10-13)7-8-15(17)19-11-14-6-1-2-9-18-14/h3-5,7-8,10,14H,1-2,6,9,11,16H2/b8-7+. The molecule has 4 nitrogen and oxygen atoms in total. The predicted molar refractivity (Wildman–Crippen MR) is 74.4 cm³/mol. The maximum absolute atomic E-state index is 11.5. The van der Waals surface area contributed by atoms with Gasteiger partial charge in [-0.1, -0.05) is 12.1 Å². The average Bonchev–Trinajstić information content (AvgIpc) is 2.44. The fourth-order valence-electron chi connectivity index (χ4n) is 1.99. The molecular formula is C15H19NO3.